The molecule has 1 amide bonds. The highest BCUT2D eigenvalue weighted by Gasteiger charge is 2.29. The van der Waals surface area contributed by atoms with Crippen LogP contribution >= 0.6 is 0 Å². The van der Waals surface area contributed by atoms with Gasteiger partial charge in [-0.05, 0) is 39.3 Å². The minimum atomic E-state index is -0.986. The molecule has 174 valence electrons. The molecule has 33 heavy (non-hydrogen) atoms. The van der Waals surface area contributed by atoms with Crippen molar-refractivity contribution < 1.29 is 23.4 Å². The summed E-state index contributed by atoms with van der Waals surface area (Å²) in [5, 5.41) is 11.9. The number of nitrogens with two attached hydrogens (primary N) is 1. The zero-order valence-corrected chi connectivity index (χ0v) is 19.4. The minimum Gasteiger partial charge on any atom is -0.470 e. The summed E-state index contributed by atoms with van der Waals surface area (Å²) in [6, 6.07) is 3.56. The third kappa shape index (κ3) is 5.88. The minimum absolute atomic E-state index is 0.0468. The number of carbonyl (C=O) groups is 1. The number of aryl methyl sites for hydroxylation is 2. The van der Waals surface area contributed by atoms with Gasteiger partial charge in [-0.1, -0.05) is 6.07 Å². The largest absolute Gasteiger partial charge is 0.470 e. The van der Waals surface area contributed by atoms with Gasteiger partial charge >= 0.3 is 0 Å². The number of aliphatic hydroxyl groups is 1. The van der Waals surface area contributed by atoms with Gasteiger partial charge in [0.25, 0.3) is 11.8 Å². The van der Waals surface area contributed by atoms with Crippen LogP contribution in [-0.4, -0.2) is 58.6 Å². The van der Waals surface area contributed by atoms with Crippen molar-refractivity contribution in [3.8, 4) is 5.88 Å². The second-order valence-corrected chi connectivity index (χ2v) is 9.24. The molecule has 2 heterocycles. The van der Waals surface area contributed by atoms with E-state index in [9.17, 15) is 18.7 Å². The van der Waals surface area contributed by atoms with Gasteiger partial charge in [0, 0.05) is 23.7 Å². The molecule has 3 aromatic rings. The molecule has 0 aliphatic carbocycles. The molecule has 4 N–H and O–H groups in total. The maximum Gasteiger partial charge on any atom is 0.270 e. The van der Waals surface area contributed by atoms with Crippen molar-refractivity contribution in [3.05, 3.63) is 58.7 Å². The van der Waals surface area contributed by atoms with Gasteiger partial charge in [-0.2, -0.15) is 0 Å². The van der Waals surface area contributed by atoms with E-state index in [2.05, 4.69) is 15.3 Å². The van der Waals surface area contributed by atoms with Gasteiger partial charge in [0.05, 0.1) is 17.0 Å². The molecule has 0 aliphatic rings. The second-order valence-electron chi connectivity index (χ2n) is 9.24. The second kappa shape index (κ2) is 9.11. The fourth-order valence-corrected chi connectivity index (χ4v) is 3.85. The van der Waals surface area contributed by atoms with Gasteiger partial charge in [-0.3, -0.25) is 9.20 Å². The number of aromatic nitrogens is 3. The van der Waals surface area contributed by atoms with E-state index in [0.29, 0.717) is 11.4 Å². The Morgan fingerprint density at radius 2 is 1.91 bits per heavy atom. The monoisotopic (exact) mass is 457 g/mol. The quantitative estimate of drug-likeness (QED) is 0.409. The van der Waals surface area contributed by atoms with Crippen LogP contribution in [0.3, 0.4) is 0 Å². The highest BCUT2D eigenvalue weighted by atomic mass is 19.1. The molecule has 1 atom stereocenters. The lowest BCUT2D eigenvalue weighted by Crippen LogP contribution is -2.53. The average molecular weight is 457 g/mol. The molecule has 0 spiro atoms. The maximum absolute atomic E-state index is 14.0. The number of rotatable bonds is 8. The van der Waals surface area contributed by atoms with Crippen LogP contribution < -0.4 is 15.8 Å². The van der Waals surface area contributed by atoms with Crippen LogP contribution in [0.1, 0.15) is 40.8 Å². The standard InChI is InChI=1S/C21H27B2F2N5O3/c1-11-7-30-16(18(31)27-10-20(3,26)9-21(22,23)32)12(2)29-17(30)19(28-11)33-8-13-14(24)5-4-6-15(13)25/h4-7,32H,8-10,22-23,26H2,1-3H3,(H,27,31). The Balaban J connectivity index is 1.87. The highest BCUT2D eigenvalue weighted by Crippen LogP contribution is 2.23. The molecule has 0 bridgehead atoms. The number of imidazole rings is 1. The molecule has 1 aromatic carbocycles. The Morgan fingerprint density at radius 1 is 1.27 bits per heavy atom. The van der Waals surface area contributed by atoms with Gasteiger partial charge in [-0.25, -0.2) is 18.7 Å². The van der Waals surface area contributed by atoms with Crippen molar-refractivity contribution >= 4 is 27.2 Å². The average Bonchev–Trinajstić information content (AvgIpc) is 2.99. The number of nitrogens with one attached hydrogen (secondary N) is 1. The summed E-state index contributed by atoms with van der Waals surface area (Å²) in [5.41, 5.74) is 6.61. The fourth-order valence-electron chi connectivity index (χ4n) is 3.85. The van der Waals surface area contributed by atoms with Crippen LogP contribution in [0.25, 0.3) is 5.65 Å². The normalized spacial score (nSPS) is 13.7. The number of hydrogen-bond acceptors (Lipinski definition) is 6. The Kier molecular flexibility index (Phi) is 6.80. The van der Waals surface area contributed by atoms with Crippen LogP contribution in [0.5, 0.6) is 5.88 Å². The van der Waals surface area contributed by atoms with Crippen LogP contribution in [0.15, 0.2) is 24.4 Å². The number of amides is 1. The Morgan fingerprint density at radius 3 is 2.52 bits per heavy atom. The van der Waals surface area contributed by atoms with Crippen molar-refractivity contribution in [1.82, 2.24) is 19.7 Å². The lowest BCUT2D eigenvalue weighted by molar-refractivity contribution is 0.0927. The first-order chi connectivity index (χ1) is 15.3. The van der Waals surface area contributed by atoms with E-state index >= 15 is 0 Å². The van der Waals surface area contributed by atoms with Crippen molar-refractivity contribution in [3.63, 3.8) is 0 Å². The van der Waals surface area contributed by atoms with Crippen molar-refractivity contribution in [1.29, 1.82) is 0 Å². The Bertz CT molecular complexity index is 1170. The van der Waals surface area contributed by atoms with Crippen molar-refractivity contribution in [2.45, 2.75) is 44.7 Å². The molecule has 0 radical (unpaired) electrons. The van der Waals surface area contributed by atoms with Gasteiger partial charge < -0.3 is 20.9 Å². The Labute approximate surface area is 192 Å². The summed E-state index contributed by atoms with van der Waals surface area (Å²) >= 11 is 0. The van der Waals surface area contributed by atoms with E-state index in [1.54, 1.807) is 42.7 Å². The van der Waals surface area contributed by atoms with E-state index < -0.39 is 28.5 Å². The number of carbonyl (C=O) groups excluding carboxylic acids is 1. The first kappa shape index (κ1) is 24.7. The zero-order chi connectivity index (χ0) is 24.6. The van der Waals surface area contributed by atoms with Gasteiger partial charge in [-0.15, -0.1) is 0 Å². The van der Waals surface area contributed by atoms with Crippen LogP contribution in [0, 0.1) is 25.5 Å². The molecule has 0 saturated carbocycles. The van der Waals surface area contributed by atoms with Gasteiger partial charge in [0.1, 0.15) is 39.6 Å². The third-order valence-electron chi connectivity index (χ3n) is 4.99. The molecule has 3 rings (SSSR count). The summed E-state index contributed by atoms with van der Waals surface area (Å²) in [6.07, 6.45) is 1.90. The predicted octanol–water partition coefficient (Wildman–Crippen LogP) is -0.0471. The highest BCUT2D eigenvalue weighted by molar-refractivity contribution is 6.38. The van der Waals surface area contributed by atoms with Gasteiger partial charge in [0.15, 0.2) is 0 Å². The van der Waals surface area contributed by atoms with E-state index in [0.717, 1.165) is 12.1 Å². The van der Waals surface area contributed by atoms with Gasteiger partial charge in [0.2, 0.25) is 5.65 Å². The maximum atomic E-state index is 14.0. The molecule has 8 nitrogen and oxygen atoms in total. The molecular formula is C21H27B2F2N5O3. The summed E-state index contributed by atoms with van der Waals surface area (Å²) in [5.74, 6) is -1.82. The fraction of sp³-hybridized carbons (Fsp3) is 0.381. The van der Waals surface area contributed by atoms with Crippen LogP contribution in [-0.2, 0) is 6.61 Å². The van der Waals surface area contributed by atoms with E-state index in [1.807, 2.05) is 0 Å². The van der Waals surface area contributed by atoms with Crippen LogP contribution in [0.2, 0.25) is 0 Å². The molecule has 12 heteroatoms. The molecule has 0 saturated heterocycles. The molecular weight excluding hydrogens is 430 g/mol. The number of fused-ring (bicyclic) bond motifs is 1. The zero-order valence-electron chi connectivity index (χ0n) is 19.4. The molecule has 0 aliphatic heterocycles. The number of halogens is 2. The first-order valence-electron chi connectivity index (χ1n) is 10.5. The summed E-state index contributed by atoms with van der Waals surface area (Å²) in [7, 11) is 3.30. The number of hydrogen-bond donors (Lipinski definition) is 3. The molecule has 2 aromatic heterocycles. The van der Waals surface area contributed by atoms with Crippen molar-refractivity contribution in [2.24, 2.45) is 5.73 Å². The number of nitrogens with zero attached hydrogens (tertiary/aromatic N) is 3. The summed E-state index contributed by atoms with van der Waals surface area (Å²) in [6.45, 7) is 4.85. The lowest BCUT2D eigenvalue weighted by atomic mass is 9.60. The summed E-state index contributed by atoms with van der Waals surface area (Å²) < 4.78 is 35.1. The number of ether oxygens (including phenoxy) is 1. The summed E-state index contributed by atoms with van der Waals surface area (Å²) in [4.78, 5) is 21.7. The lowest BCUT2D eigenvalue weighted by Gasteiger charge is -2.31. The topological polar surface area (TPSA) is 115 Å². The molecule has 0 fully saturated rings. The number of benzene rings is 1. The SMILES string of the molecule is BC(B)(O)CC(C)(N)CNC(=O)c1c(C)nc2c(OCc3c(F)cccc3F)nc(C)cn12. The van der Waals surface area contributed by atoms with E-state index in [1.165, 1.54) is 10.5 Å². The predicted molar refractivity (Wildman–Crippen MR) is 125 cm³/mol. The first-order valence-corrected chi connectivity index (χ1v) is 10.5. The smallest absolute Gasteiger partial charge is 0.270 e. The van der Waals surface area contributed by atoms with Crippen molar-refractivity contribution in [2.75, 3.05) is 6.54 Å². The Hall–Kier alpha value is -2.98. The molecule has 1 unspecified atom stereocenters. The van der Waals surface area contributed by atoms with E-state index in [-0.39, 0.29) is 42.4 Å². The third-order valence-corrected chi connectivity index (χ3v) is 4.99. The van der Waals surface area contributed by atoms with Crippen LogP contribution in [0.4, 0.5) is 8.78 Å². The van der Waals surface area contributed by atoms with E-state index in [4.69, 9.17) is 10.5 Å².